The summed E-state index contributed by atoms with van der Waals surface area (Å²) in [6, 6.07) is 6.43. The van der Waals surface area contributed by atoms with Crippen LogP contribution in [0.5, 0.6) is 0 Å². The van der Waals surface area contributed by atoms with Crippen LogP contribution in [-0.4, -0.2) is 18.9 Å². The maximum Gasteiger partial charge on any atom is 0.382 e. The van der Waals surface area contributed by atoms with Gasteiger partial charge in [0.05, 0.1) is 7.11 Å². The Morgan fingerprint density at radius 3 is 2.75 bits per heavy atom. The largest absolute Gasteiger partial charge is 0.463 e. The summed E-state index contributed by atoms with van der Waals surface area (Å²) in [5.41, 5.74) is 0.458. The number of carbonyl (C=O) groups is 2. The lowest BCUT2D eigenvalue weighted by Gasteiger charge is -1.92. The van der Waals surface area contributed by atoms with Gasteiger partial charge in [0.2, 0.25) is 0 Å². The molecule has 2 rings (SSSR count). The van der Waals surface area contributed by atoms with Gasteiger partial charge in [0.15, 0.2) is 5.76 Å². The molecule has 4 nitrogen and oxygen atoms in total. The number of furan rings is 1. The molecular formula is C11H7ClO4. The van der Waals surface area contributed by atoms with Crippen molar-refractivity contribution >= 4 is 34.3 Å². The highest BCUT2D eigenvalue weighted by Crippen LogP contribution is 2.23. The predicted octanol–water partition coefficient (Wildman–Crippen LogP) is 2.44. The molecule has 0 bridgehead atoms. The third kappa shape index (κ3) is 1.79. The Kier molecular flexibility index (Phi) is 2.66. The number of carbonyl (C=O) groups excluding carboxylic acids is 2. The Morgan fingerprint density at radius 1 is 1.31 bits per heavy atom. The van der Waals surface area contributed by atoms with E-state index in [1.54, 1.807) is 18.2 Å². The van der Waals surface area contributed by atoms with Crippen molar-refractivity contribution in [3.05, 3.63) is 35.0 Å². The molecule has 0 N–H and O–H groups in total. The fraction of sp³-hybridized carbons (Fsp3) is 0.0909. The summed E-state index contributed by atoms with van der Waals surface area (Å²) >= 11 is 5.76. The van der Waals surface area contributed by atoms with E-state index < -0.39 is 11.8 Å². The number of ketones is 1. The molecule has 0 saturated heterocycles. The minimum Gasteiger partial charge on any atom is -0.463 e. The van der Waals surface area contributed by atoms with Crippen molar-refractivity contribution in [1.82, 2.24) is 0 Å². The molecular weight excluding hydrogens is 232 g/mol. The van der Waals surface area contributed by atoms with E-state index in [-0.39, 0.29) is 5.76 Å². The quantitative estimate of drug-likeness (QED) is 0.458. The molecule has 0 aliphatic rings. The van der Waals surface area contributed by atoms with Gasteiger partial charge in [-0.1, -0.05) is 11.6 Å². The van der Waals surface area contributed by atoms with Crippen molar-refractivity contribution in [1.29, 1.82) is 0 Å². The fourth-order valence-corrected chi connectivity index (χ4v) is 1.47. The molecule has 0 radical (unpaired) electrons. The van der Waals surface area contributed by atoms with E-state index in [2.05, 4.69) is 4.74 Å². The summed E-state index contributed by atoms with van der Waals surface area (Å²) in [5.74, 6) is -1.82. The SMILES string of the molecule is COC(=O)C(=O)c1cc2ccc(Cl)cc2o1. The molecule has 0 aliphatic heterocycles. The van der Waals surface area contributed by atoms with Crippen LogP contribution in [0.1, 0.15) is 10.6 Å². The third-order valence-electron chi connectivity index (χ3n) is 2.08. The first-order chi connectivity index (χ1) is 7.61. The highest BCUT2D eigenvalue weighted by molar-refractivity contribution is 6.40. The van der Waals surface area contributed by atoms with Gasteiger partial charge in [0.1, 0.15) is 5.58 Å². The van der Waals surface area contributed by atoms with Crippen LogP contribution < -0.4 is 0 Å². The van der Waals surface area contributed by atoms with Gasteiger partial charge in [-0.05, 0) is 18.2 Å². The van der Waals surface area contributed by atoms with Crippen LogP contribution >= 0.6 is 11.6 Å². The molecule has 2 aromatic rings. The molecule has 82 valence electrons. The summed E-state index contributed by atoms with van der Waals surface area (Å²) in [6.07, 6.45) is 0. The maximum absolute atomic E-state index is 11.4. The Labute approximate surface area is 95.7 Å². The van der Waals surface area contributed by atoms with Gasteiger partial charge < -0.3 is 9.15 Å². The van der Waals surface area contributed by atoms with Crippen molar-refractivity contribution in [2.24, 2.45) is 0 Å². The van der Waals surface area contributed by atoms with Gasteiger partial charge in [-0.3, -0.25) is 4.79 Å². The van der Waals surface area contributed by atoms with Crippen molar-refractivity contribution in [3.63, 3.8) is 0 Å². The van der Waals surface area contributed by atoms with Gasteiger partial charge in [0, 0.05) is 16.5 Å². The number of halogens is 1. The second-order valence-corrected chi connectivity index (χ2v) is 3.55. The van der Waals surface area contributed by atoms with Crippen molar-refractivity contribution in [2.75, 3.05) is 7.11 Å². The van der Waals surface area contributed by atoms with Crippen LogP contribution in [-0.2, 0) is 9.53 Å². The number of hydrogen-bond donors (Lipinski definition) is 0. The Morgan fingerprint density at radius 2 is 2.06 bits per heavy atom. The molecule has 1 aromatic carbocycles. The van der Waals surface area contributed by atoms with E-state index in [9.17, 15) is 9.59 Å². The van der Waals surface area contributed by atoms with Crippen molar-refractivity contribution in [2.45, 2.75) is 0 Å². The normalized spacial score (nSPS) is 10.4. The van der Waals surface area contributed by atoms with Gasteiger partial charge in [-0.2, -0.15) is 0 Å². The van der Waals surface area contributed by atoms with Crippen molar-refractivity contribution in [3.8, 4) is 0 Å². The zero-order valence-electron chi connectivity index (χ0n) is 8.32. The molecule has 0 unspecified atom stereocenters. The number of fused-ring (bicyclic) bond motifs is 1. The minimum absolute atomic E-state index is 0.0517. The molecule has 0 amide bonds. The average molecular weight is 239 g/mol. The maximum atomic E-state index is 11.4. The molecule has 5 heteroatoms. The van der Waals surface area contributed by atoms with Crippen LogP contribution in [0.4, 0.5) is 0 Å². The third-order valence-corrected chi connectivity index (χ3v) is 2.31. The van der Waals surface area contributed by atoms with E-state index in [0.29, 0.717) is 16.0 Å². The topological polar surface area (TPSA) is 56.5 Å². The van der Waals surface area contributed by atoms with Gasteiger partial charge in [-0.25, -0.2) is 4.79 Å². The van der Waals surface area contributed by atoms with E-state index in [1.165, 1.54) is 6.07 Å². The summed E-state index contributed by atoms with van der Waals surface area (Å²) in [4.78, 5) is 22.4. The zero-order chi connectivity index (χ0) is 11.7. The van der Waals surface area contributed by atoms with Crippen molar-refractivity contribution < 1.29 is 18.7 Å². The van der Waals surface area contributed by atoms with E-state index in [1.807, 2.05) is 0 Å². The second-order valence-electron chi connectivity index (χ2n) is 3.11. The van der Waals surface area contributed by atoms with E-state index >= 15 is 0 Å². The molecule has 0 atom stereocenters. The lowest BCUT2D eigenvalue weighted by atomic mass is 10.2. The number of methoxy groups -OCH3 is 1. The number of esters is 1. The average Bonchev–Trinajstić information content (AvgIpc) is 2.69. The predicted molar refractivity (Wildman–Crippen MR) is 57.6 cm³/mol. The standard InChI is InChI=1S/C11H7ClO4/c1-15-11(14)10(13)9-4-6-2-3-7(12)5-8(6)16-9/h2-5H,1H3. The minimum atomic E-state index is -0.954. The molecule has 1 heterocycles. The summed E-state index contributed by atoms with van der Waals surface area (Å²) < 4.78 is 9.51. The highest BCUT2D eigenvalue weighted by Gasteiger charge is 2.21. The summed E-state index contributed by atoms with van der Waals surface area (Å²) in [6.45, 7) is 0. The van der Waals surface area contributed by atoms with Gasteiger partial charge in [-0.15, -0.1) is 0 Å². The van der Waals surface area contributed by atoms with Crippen LogP contribution in [0, 0.1) is 0 Å². The van der Waals surface area contributed by atoms with Crippen LogP contribution in [0.25, 0.3) is 11.0 Å². The van der Waals surface area contributed by atoms with Gasteiger partial charge in [0.25, 0.3) is 0 Å². The summed E-state index contributed by atoms with van der Waals surface area (Å²) in [5, 5.41) is 1.20. The number of benzene rings is 1. The number of rotatable bonds is 2. The van der Waals surface area contributed by atoms with Crippen LogP contribution in [0.2, 0.25) is 5.02 Å². The first kappa shape index (κ1) is 10.7. The Hall–Kier alpha value is -1.81. The highest BCUT2D eigenvalue weighted by atomic mass is 35.5. The van der Waals surface area contributed by atoms with Gasteiger partial charge >= 0.3 is 11.8 Å². The zero-order valence-corrected chi connectivity index (χ0v) is 9.08. The number of hydrogen-bond acceptors (Lipinski definition) is 4. The number of ether oxygens (including phenoxy) is 1. The Balaban J connectivity index is 2.47. The molecule has 1 aromatic heterocycles. The molecule has 0 fully saturated rings. The molecule has 16 heavy (non-hydrogen) atoms. The Bertz CT molecular complexity index is 570. The van der Waals surface area contributed by atoms with Crippen LogP contribution in [0.3, 0.4) is 0 Å². The fourth-order valence-electron chi connectivity index (χ4n) is 1.31. The smallest absolute Gasteiger partial charge is 0.382 e. The summed E-state index contributed by atoms with van der Waals surface area (Å²) in [7, 11) is 1.14. The lowest BCUT2D eigenvalue weighted by molar-refractivity contribution is -0.135. The van der Waals surface area contributed by atoms with E-state index in [4.69, 9.17) is 16.0 Å². The van der Waals surface area contributed by atoms with Crippen LogP contribution in [0.15, 0.2) is 28.7 Å². The first-order valence-corrected chi connectivity index (χ1v) is 4.81. The molecule has 0 spiro atoms. The van der Waals surface area contributed by atoms with E-state index in [0.717, 1.165) is 7.11 Å². The monoisotopic (exact) mass is 238 g/mol. The molecule has 0 aliphatic carbocycles. The first-order valence-electron chi connectivity index (χ1n) is 4.43. The molecule has 0 saturated carbocycles. The number of Topliss-reactive ketones (excluding diaryl/α,β-unsaturated/α-hetero) is 1. The second kappa shape index (κ2) is 3.98. The lowest BCUT2D eigenvalue weighted by Crippen LogP contribution is -2.14.